The minimum Gasteiger partial charge on any atom is -0.385 e. The zero-order valence-corrected chi connectivity index (χ0v) is 13.5. The minimum atomic E-state index is 0.819. The number of rotatable bonds is 2. The Morgan fingerprint density at radius 1 is 0.737 bits per heavy atom. The first kappa shape index (κ1) is 17.0. The number of hydrogen-bond donors (Lipinski definition) is 0. The first-order chi connectivity index (χ1) is 9.28. The van der Waals surface area contributed by atoms with E-state index in [0.29, 0.717) is 0 Å². The predicted molar refractivity (Wildman–Crippen MR) is 81.4 cm³/mol. The molecule has 0 aromatic rings. The van der Waals surface area contributed by atoms with Crippen LogP contribution < -0.4 is 0 Å². The highest BCUT2D eigenvalue weighted by Crippen LogP contribution is 2.57. The van der Waals surface area contributed by atoms with Crippen molar-refractivity contribution < 1.29 is 9.47 Å². The van der Waals surface area contributed by atoms with Gasteiger partial charge in [0.25, 0.3) is 0 Å². The van der Waals surface area contributed by atoms with Gasteiger partial charge in [-0.25, -0.2) is 0 Å². The van der Waals surface area contributed by atoms with Gasteiger partial charge in [0.2, 0.25) is 0 Å². The van der Waals surface area contributed by atoms with Crippen LogP contribution in [0.1, 0.15) is 58.8 Å². The average Bonchev–Trinajstić information content (AvgIpc) is 3.10. The van der Waals surface area contributed by atoms with Gasteiger partial charge in [-0.15, -0.1) is 0 Å². The lowest BCUT2D eigenvalue weighted by Gasteiger charge is -2.34. The maximum absolute atomic E-state index is 4.54. The third-order valence-corrected chi connectivity index (χ3v) is 5.18. The molecule has 19 heavy (non-hydrogen) atoms. The third kappa shape index (κ3) is 5.07. The van der Waals surface area contributed by atoms with Gasteiger partial charge in [0, 0.05) is 27.4 Å². The topological polar surface area (TPSA) is 18.5 Å². The molecule has 4 atom stereocenters. The molecule has 0 N–H and O–H groups in total. The summed E-state index contributed by atoms with van der Waals surface area (Å²) in [6.07, 6.45) is 11.1. The van der Waals surface area contributed by atoms with E-state index in [4.69, 9.17) is 0 Å². The lowest BCUT2D eigenvalue weighted by molar-refractivity contribution is 0.158. The molecular formula is C17H34O2. The van der Waals surface area contributed by atoms with E-state index >= 15 is 0 Å². The summed E-state index contributed by atoms with van der Waals surface area (Å²) in [5.41, 5.74) is 0. The molecule has 2 heteroatoms. The highest BCUT2D eigenvalue weighted by Gasteiger charge is 2.47. The molecular weight excluding hydrogens is 236 g/mol. The molecule has 3 fully saturated rings. The van der Waals surface area contributed by atoms with Crippen molar-refractivity contribution in [2.75, 3.05) is 27.4 Å². The highest BCUT2D eigenvalue weighted by molar-refractivity contribution is 4.97. The third-order valence-electron chi connectivity index (χ3n) is 5.18. The standard InChI is InChI=1S/C11H18.2C3H8O/c1-2-4-11-9-6-5-8(7-9)10(11)3-1;2*1-3-4-2/h8-11H,1-7H2;2*3H2,1-2H3. The fraction of sp³-hybridized carbons (Fsp3) is 1.00. The van der Waals surface area contributed by atoms with Crippen LogP contribution in [0.2, 0.25) is 0 Å². The molecule has 3 rings (SSSR count). The largest absolute Gasteiger partial charge is 0.385 e. The van der Waals surface area contributed by atoms with Crippen molar-refractivity contribution >= 4 is 0 Å². The summed E-state index contributed by atoms with van der Waals surface area (Å²) in [4.78, 5) is 0. The summed E-state index contributed by atoms with van der Waals surface area (Å²) in [6.45, 7) is 5.56. The van der Waals surface area contributed by atoms with Crippen LogP contribution in [0.5, 0.6) is 0 Å². The smallest absolute Gasteiger partial charge is 0.0433 e. The van der Waals surface area contributed by atoms with Crippen molar-refractivity contribution in [1.82, 2.24) is 0 Å². The normalized spacial score (nSPS) is 34.7. The van der Waals surface area contributed by atoms with Crippen LogP contribution in [0, 0.1) is 23.7 Å². The Morgan fingerprint density at radius 2 is 1.11 bits per heavy atom. The van der Waals surface area contributed by atoms with Crippen molar-refractivity contribution in [2.45, 2.75) is 58.8 Å². The molecule has 0 spiro atoms. The molecule has 3 aliphatic carbocycles. The Bertz CT molecular complexity index is 191. The van der Waals surface area contributed by atoms with E-state index in [-0.39, 0.29) is 0 Å². The van der Waals surface area contributed by atoms with Crippen molar-refractivity contribution in [1.29, 1.82) is 0 Å². The van der Waals surface area contributed by atoms with Gasteiger partial charge < -0.3 is 9.47 Å². The van der Waals surface area contributed by atoms with Gasteiger partial charge >= 0.3 is 0 Å². The summed E-state index contributed by atoms with van der Waals surface area (Å²) in [6, 6.07) is 0. The summed E-state index contributed by atoms with van der Waals surface area (Å²) < 4.78 is 9.08. The van der Waals surface area contributed by atoms with E-state index in [2.05, 4.69) is 9.47 Å². The molecule has 2 nitrogen and oxygen atoms in total. The zero-order valence-electron chi connectivity index (χ0n) is 13.5. The van der Waals surface area contributed by atoms with Gasteiger partial charge in [-0.3, -0.25) is 0 Å². The number of hydrogen-bond acceptors (Lipinski definition) is 2. The molecule has 3 aliphatic rings. The maximum Gasteiger partial charge on any atom is 0.0433 e. The van der Waals surface area contributed by atoms with Gasteiger partial charge in [0.05, 0.1) is 0 Å². The van der Waals surface area contributed by atoms with Crippen LogP contribution in [-0.4, -0.2) is 27.4 Å². The van der Waals surface area contributed by atoms with Crippen molar-refractivity contribution in [2.24, 2.45) is 23.7 Å². The minimum absolute atomic E-state index is 0.819. The molecule has 0 amide bonds. The van der Waals surface area contributed by atoms with Gasteiger partial charge in [0.15, 0.2) is 0 Å². The van der Waals surface area contributed by atoms with Crippen molar-refractivity contribution in [3.63, 3.8) is 0 Å². The SMILES string of the molecule is C1CCC2C3CCC(C3)C2C1.CCOC.CCOC. The van der Waals surface area contributed by atoms with Crippen LogP contribution in [0.3, 0.4) is 0 Å². The van der Waals surface area contributed by atoms with Gasteiger partial charge in [-0.2, -0.15) is 0 Å². The molecule has 114 valence electrons. The molecule has 2 bridgehead atoms. The first-order valence-corrected chi connectivity index (χ1v) is 8.26. The molecule has 0 aromatic heterocycles. The van der Waals surface area contributed by atoms with Crippen molar-refractivity contribution in [3.05, 3.63) is 0 Å². The fourth-order valence-electron chi connectivity index (χ4n) is 4.19. The highest BCUT2D eigenvalue weighted by atomic mass is 16.5. The van der Waals surface area contributed by atoms with Crippen LogP contribution in [-0.2, 0) is 9.47 Å². The van der Waals surface area contributed by atoms with E-state index in [9.17, 15) is 0 Å². The number of fused-ring (bicyclic) bond motifs is 5. The Labute approximate surface area is 120 Å². The van der Waals surface area contributed by atoms with E-state index in [1.165, 1.54) is 23.7 Å². The first-order valence-electron chi connectivity index (χ1n) is 8.26. The Hall–Kier alpha value is -0.0800. The molecule has 0 aromatic carbocycles. The second kappa shape index (κ2) is 9.77. The summed E-state index contributed by atoms with van der Waals surface area (Å²) >= 11 is 0. The quantitative estimate of drug-likeness (QED) is 0.734. The Kier molecular flexibility index (Phi) is 8.72. The zero-order chi connectivity index (χ0) is 14.1. The van der Waals surface area contributed by atoms with E-state index in [0.717, 1.165) is 13.2 Å². The number of ether oxygens (including phenoxy) is 2. The number of methoxy groups -OCH3 is 2. The molecule has 3 saturated carbocycles. The van der Waals surface area contributed by atoms with Crippen LogP contribution in [0.15, 0.2) is 0 Å². The van der Waals surface area contributed by atoms with Gasteiger partial charge in [-0.05, 0) is 69.6 Å². The van der Waals surface area contributed by atoms with Gasteiger partial charge in [-0.1, -0.05) is 12.8 Å². The lowest BCUT2D eigenvalue weighted by atomic mass is 9.71. The second-order valence-electron chi connectivity index (χ2n) is 6.10. The van der Waals surface area contributed by atoms with E-state index in [1.807, 2.05) is 13.8 Å². The summed E-state index contributed by atoms with van der Waals surface area (Å²) in [5.74, 6) is 4.76. The summed E-state index contributed by atoms with van der Waals surface area (Å²) in [5, 5.41) is 0. The molecule has 0 saturated heterocycles. The summed E-state index contributed by atoms with van der Waals surface area (Å²) in [7, 11) is 3.36. The molecule has 0 radical (unpaired) electrons. The average molecular weight is 270 g/mol. The maximum atomic E-state index is 4.54. The second-order valence-corrected chi connectivity index (χ2v) is 6.10. The van der Waals surface area contributed by atoms with Crippen LogP contribution in [0.4, 0.5) is 0 Å². The Balaban J connectivity index is 0.000000192. The Morgan fingerprint density at radius 3 is 1.42 bits per heavy atom. The van der Waals surface area contributed by atoms with Gasteiger partial charge in [0.1, 0.15) is 0 Å². The molecule has 4 unspecified atom stereocenters. The molecule has 0 heterocycles. The monoisotopic (exact) mass is 270 g/mol. The lowest BCUT2D eigenvalue weighted by Crippen LogP contribution is -2.25. The molecule has 0 aliphatic heterocycles. The van der Waals surface area contributed by atoms with E-state index in [1.54, 1.807) is 59.2 Å². The van der Waals surface area contributed by atoms with Crippen LogP contribution in [0.25, 0.3) is 0 Å². The fourth-order valence-corrected chi connectivity index (χ4v) is 4.19. The van der Waals surface area contributed by atoms with Crippen LogP contribution >= 0.6 is 0 Å². The van der Waals surface area contributed by atoms with Crippen molar-refractivity contribution in [3.8, 4) is 0 Å². The van der Waals surface area contributed by atoms with E-state index < -0.39 is 0 Å². The predicted octanol–water partition coefficient (Wildman–Crippen LogP) is 4.53.